The maximum absolute atomic E-state index is 13.0. The molecule has 6 nitrogen and oxygen atoms in total. The van der Waals surface area contributed by atoms with Crippen LogP contribution in [0.4, 0.5) is 5.69 Å². The number of carbonyl (C=O) groups excluding carboxylic acids is 1. The molecule has 0 aliphatic carbocycles. The fourth-order valence-electron chi connectivity index (χ4n) is 3.39. The summed E-state index contributed by atoms with van der Waals surface area (Å²) in [7, 11) is -2.31. The molecule has 32 heavy (non-hydrogen) atoms. The molecule has 3 aromatic rings. The van der Waals surface area contributed by atoms with Crippen molar-refractivity contribution < 1.29 is 17.9 Å². The van der Waals surface area contributed by atoms with Gasteiger partial charge in [-0.15, -0.1) is 0 Å². The molecular weight excluding hydrogens is 424 g/mol. The maximum Gasteiger partial charge on any atom is 0.256 e. The molecule has 1 atom stereocenters. The predicted octanol–water partition coefficient (Wildman–Crippen LogP) is 4.56. The molecule has 0 aliphatic rings. The molecule has 0 fully saturated rings. The highest BCUT2D eigenvalue weighted by molar-refractivity contribution is 7.89. The SMILES string of the molecule is COc1ccc(S(=O)(=O)N[C@@H](C)CCc2ccccc2)cc1NC(=O)c1ccccc1C. The molecule has 7 heteroatoms. The third-order valence-electron chi connectivity index (χ3n) is 5.18. The van der Waals surface area contributed by atoms with Crippen molar-refractivity contribution in [3.05, 3.63) is 89.5 Å². The van der Waals surface area contributed by atoms with Gasteiger partial charge < -0.3 is 10.1 Å². The molecule has 0 saturated carbocycles. The molecule has 0 spiro atoms. The number of hydrogen-bond acceptors (Lipinski definition) is 4. The van der Waals surface area contributed by atoms with Crippen LogP contribution in [-0.4, -0.2) is 27.5 Å². The van der Waals surface area contributed by atoms with Crippen molar-refractivity contribution >= 4 is 21.6 Å². The quantitative estimate of drug-likeness (QED) is 0.499. The molecule has 0 unspecified atom stereocenters. The Kier molecular flexibility index (Phi) is 7.66. The zero-order chi connectivity index (χ0) is 23.1. The minimum Gasteiger partial charge on any atom is -0.495 e. The Balaban J connectivity index is 1.75. The summed E-state index contributed by atoms with van der Waals surface area (Å²) in [5.74, 6) is 0.0446. The first kappa shape index (κ1) is 23.5. The lowest BCUT2D eigenvalue weighted by Gasteiger charge is -2.16. The van der Waals surface area contributed by atoms with Crippen molar-refractivity contribution in [1.29, 1.82) is 0 Å². The van der Waals surface area contributed by atoms with Gasteiger partial charge in [-0.3, -0.25) is 4.79 Å². The highest BCUT2D eigenvalue weighted by Crippen LogP contribution is 2.28. The lowest BCUT2D eigenvalue weighted by molar-refractivity contribution is 0.102. The number of amides is 1. The van der Waals surface area contributed by atoms with Crippen LogP contribution in [0.25, 0.3) is 0 Å². The van der Waals surface area contributed by atoms with E-state index in [4.69, 9.17) is 4.74 Å². The summed E-state index contributed by atoms with van der Waals surface area (Å²) in [4.78, 5) is 12.8. The summed E-state index contributed by atoms with van der Waals surface area (Å²) < 4.78 is 33.9. The van der Waals surface area contributed by atoms with Gasteiger partial charge >= 0.3 is 0 Å². The standard InChI is InChI=1S/C25H28N2O4S/c1-18-9-7-8-12-22(18)25(28)26-23-17-21(15-16-24(23)31-3)32(29,30)27-19(2)13-14-20-10-5-4-6-11-20/h4-12,15-17,19,27H,13-14H2,1-3H3,(H,26,28)/t19-/m0/s1. The molecular formula is C25H28N2O4S. The molecule has 3 rings (SSSR count). The first-order valence-electron chi connectivity index (χ1n) is 10.4. The Labute approximate surface area is 189 Å². The van der Waals surface area contributed by atoms with Crippen molar-refractivity contribution in [3.8, 4) is 5.75 Å². The van der Waals surface area contributed by atoms with Gasteiger partial charge in [-0.25, -0.2) is 13.1 Å². The van der Waals surface area contributed by atoms with E-state index < -0.39 is 10.0 Å². The van der Waals surface area contributed by atoms with Crippen LogP contribution in [0.3, 0.4) is 0 Å². The zero-order valence-electron chi connectivity index (χ0n) is 18.5. The zero-order valence-corrected chi connectivity index (χ0v) is 19.3. The number of nitrogens with one attached hydrogen (secondary N) is 2. The highest BCUT2D eigenvalue weighted by Gasteiger charge is 2.20. The second-order valence-electron chi connectivity index (χ2n) is 7.68. The number of anilines is 1. The number of hydrogen-bond donors (Lipinski definition) is 2. The van der Waals surface area contributed by atoms with E-state index in [2.05, 4.69) is 10.0 Å². The Morgan fingerprint density at radius 3 is 2.38 bits per heavy atom. The van der Waals surface area contributed by atoms with Gasteiger partial charge in [0.1, 0.15) is 5.75 Å². The number of rotatable bonds is 9. The molecule has 2 N–H and O–H groups in total. The van der Waals surface area contributed by atoms with Crippen molar-refractivity contribution in [2.45, 2.75) is 37.6 Å². The van der Waals surface area contributed by atoms with Gasteiger partial charge in [-0.2, -0.15) is 0 Å². The van der Waals surface area contributed by atoms with Gasteiger partial charge in [0.15, 0.2) is 0 Å². The summed E-state index contributed by atoms with van der Waals surface area (Å²) in [5.41, 5.74) is 2.78. The Hall–Kier alpha value is -3.16. The van der Waals surface area contributed by atoms with Gasteiger partial charge in [0.25, 0.3) is 5.91 Å². The summed E-state index contributed by atoms with van der Waals surface area (Å²) in [5, 5.41) is 2.77. The lowest BCUT2D eigenvalue weighted by Crippen LogP contribution is -2.33. The Morgan fingerprint density at radius 1 is 1.00 bits per heavy atom. The number of ether oxygens (including phenoxy) is 1. The normalized spacial score (nSPS) is 12.2. The molecule has 1 amide bonds. The second kappa shape index (κ2) is 10.4. The average Bonchev–Trinajstić information content (AvgIpc) is 2.78. The van der Waals surface area contributed by atoms with Crippen LogP contribution in [0.2, 0.25) is 0 Å². The second-order valence-corrected chi connectivity index (χ2v) is 9.39. The van der Waals surface area contributed by atoms with Crippen LogP contribution in [0.15, 0.2) is 77.7 Å². The summed E-state index contributed by atoms with van der Waals surface area (Å²) >= 11 is 0. The molecule has 0 radical (unpaired) electrons. The van der Waals surface area contributed by atoms with E-state index in [1.54, 1.807) is 12.1 Å². The van der Waals surface area contributed by atoms with E-state index in [1.807, 2.05) is 56.3 Å². The van der Waals surface area contributed by atoms with Gasteiger partial charge in [0.2, 0.25) is 10.0 Å². The lowest BCUT2D eigenvalue weighted by atomic mass is 10.1. The van der Waals surface area contributed by atoms with Gasteiger partial charge in [0, 0.05) is 11.6 Å². The van der Waals surface area contributed by atoms with Crippen LogP contribution < -0.4 is 14.8 Å². The third kappa shape index (κ3) is 5.96. The van der Waals surface area contributed by atoms with Crippen LogP contribution in [0.1, 0.15) is 34.8 Å². The van der Waals surface area contributed by atoms with Crippen molar-refractivity contribution in [2.24, 2.45) is 0 Å². The fourth-order valence-corrected chi connectivity index (χ4v) is 4.69. The van der Waals surface area contributed by atoms with Crippen LogP contribution in [0.5, 0.6) is 5.75 Å². The molecule has 168 valence electrons. The van der Waals surface area contributed by atoms with Crippen molar-refractivity contribution in [3.63, 3.8) is 0 Å². The van der Waals surface area contributed by atoms with Crippen molar-refractivity contribution in [2.75, 3.05) is 12.4 Å². The number of carbonyl (C=O) groups is 1. The van der Waals surface area contributed by atoms with Crippen LogP contribution in [-0.2, 0) is 16.4 Å². The average molecular weight is 453 g/mol. The largest absolute Gasteiger partial charge is 0.495 e. The van der Waals surface area contributed by atoms with E-state index in [9.17, 15) is 13.2 Å². The summed E-state index contributed by atoms with van der Waals surface area (Å²) in [6.07, 6.45) is 1.43. The highest BCUT2D eigenvalue weighted by atomic mass is 32.2. The Morgan fingerprint density at radius 2 is 1.69 bits per heavy atom. The van der Waals surface area contributed by atoms with E-state index in [-0.39, 0.29) is 16.8 Å². The van der Waals surface area contributed by atoms with E-state index in [1.165, 1.54) is 25.3 Å². The number of aryl methyl sites for hydroxylation is 2. The van der Waals surface area contributed by atoms with E-state index in [0.29, 0.717) is 23.4 Å². The molecule has 0 saturated heterocycles. The molecule has 0 aliphatic heterocycles. The topological polar surface area (TPSA) is 84.5 Å². The smallest absolute Gasteiger partial charge is 0.256 e. The van der Waals surface area contributed by atoms with Crippen LogP contribution >= 0.6 is 0 Å². The monoisotopic (exact) mass is 452 g/mol. The fraction of sp³-hybridized carbons (Fsp3) is 0.240. The van der Waals surface area contributed by atoms with E-state index in [0.717, 1.165) is 17.5 Å². The third-order valence-corrected chi connectivity index (χ3v) is 6.77. The first-order chi connectivity index (χ1) is 15.3. The summed E-state index contributed by atoms with van der Waals surface area (Å²) in [6, 6.07) is 21.3. The van der Waals surface area contributed by atoms with Gasteiger partial charge in [0.05, 0.1) is 17.7 Å². The minimum atomic E-state index is -3.78. The minimum absolute atomic E-state index is 0.0601. The van der Waals surface area contributed by atoms with Crippen LogP contribution in [0, 0.1) is 6.92 Å². The molecule has 0 aromatic heterocycles. The van der Waals surface area contributed by atoms with Crippen molar-refractivity contribution in [1.82, 2.24) is 4.72 Å². The van der Waals surface area contributed by atoms with E-state index >= 15 is 0 Å². The molecule has 3 aromatic carbocycles. The first-order valence-corrected chi connectivity index (χ1v) is 11.9. The molecule has 0 heterocycles. The number of benzene rings is 3. The molecule has 0 bridgehead atoms. The Bertz CT molecular complexity index is 1180. The number of sulfonamides is 1. The number of methoxy groups -OCH3 is 1. The maximum atomic E-state index is 13.0. The summed E-state index contributed by atoms with van der Waals surface area (Å²) in [6.45, 7) is 3.68. The van der Waals surface area contributed by atoms with Gasteiger partial charge in [-0.05, 0) is 62.1 Å². The predicted molar refractivity (Wildman–Crippen MR) is 127 cm³/mol. The van der Waals surface area contributed by atoms with Gasteiger partial charge in [-0.1, -0.05) is 48.5 Å².